The summed E-state index contributed by atoms with van der Waals surface area (Å²) in [7, 11) is 0. The number of anilines is 2. The molecule has 0 amide bonds. The summed E-state index contributed by atoms with van der Waals surface area (Å²) in [6.07, 6.45) is 3.18. The van der Waals surface area contributed by atoms with Crippen molar-refractivity contribution in [1.29, 1.82) is 0 Å². The molecule has 0 aromatic carbocycles. The van der Waals surface area contributed by atoms with Gasteiger partial charge in [0.05, 0.1) is 6.10 Å². The molecule has 82 valence electrons. The van der Waals surface area contributed by atoms with Gasteiger partial charge < -0.3 is 15.8 Å². The number of ether oxygens (including phenoxy) is 1. The van der Waals surface area contributed by atoms with Crippen molar-refractivity contribution in [2.45, 2.75) is 19.4 Å². The van der Waals surface area contributed by atoms with E-state index in [2.05, 4.69) is 17.2 Å². The van der Waals surface area contributed by atoms with Crippen molar-refractivity contribution in [3.8, 4) is 0 Å². The minimum Gasteiger partial charge on any atom is -0.399 e. The highest BCUT2D eigenvalue weighted by Gasteiger charge is 2.23. The molecule has 0 bridgehead atoms. The number of nitrogens with zero attached hydrogens (tertiary/aromatic N) is 1. The van der Waals surface area contributed by atoms with Gasteiger partial charge in [-0.05, 0) is 19.4 Å². The summed E-state index contributed by atoms with van der Waals surface area (Å²) < 4.78 is 5.49. The quantitative estimate of drug-likeness (QED) is 0.788. The number of nitrogen functional groups attached to an aromatic ring is 1. The third kappa shape index (κ3) is 2.59. The predicted molar refractivity (Wildman–Crippen MR) is 60.7 cm³/mol. The molecule has 0 radical (unpaired) electrons. The van der Waals surface area contributed by atoms with Gasteiger partial charge in [0.15, 0.2) is 0 Å². The Morgan fingerprint density at radius 2 is 2.53 bits per heavy atom. The van der Waals surface area contributed by atoms with E-state index < -0.39 is 0 Å². The molecule has 1 aliphatic rings. The summed E-state index contributed by atoms with van der Waals surface area (Å²) in [6.45, 7) is 3.89. The smallest absolute Gasteiger partial charge is 0.127 e. The van der Waals surface area contributed by atoms with E-state index in [-0.39, 0.29) is 0 Å². The van der Waals surface area contributed by atoms with Gasteiger partial charge >= 0.3 is 0 Å². The van der Waals surface area contributed by atoms with E-state index in [1.165, 1.54) is 0 Å². The first kappa shape index (κ1) is 10.2. The Bertz CT molecular complexity index is 329. The van der Waals surface area contributed by atoms with Gasteiger partial charge in [-0.15, -0.1) is 0 Å². The minimum atomic E-state index is 0.346. The molecule has 4 nitrogen and oxygen atoms in total. The van der Waals surface area contributed by atoms with E-state index in [1.807, 2.05) is 6.07 Å². The number of nitrogens with two attached hydrogens (primary N) is 1. The molecule has 3 N–H and O–H groups in total. The highest BCUT2D eigenvalue weighted by atomic mass is 16.5. The molecule has 2 atom stereocenters. The van der Waals surface area contributed by atoms with Crippen LogP contribution in [0.5, 0.6) is 0 Å². The van der Waals surface area contributed by atoms with E-state index in [0.29, 0.717) is 12.0 Å². The summed E-state index contributed by atoms with van der Waals surface area (Å²) in [6, 6.07) is 3.63. The van der Waals surface area contributed by atoms with Gasteiger partial charge in [-0.25, -0.2) is 4.98 Å². The van der Waals surface area contributed by atoms with Crippen molar-refractivity contribution in [2.75, 3.05) is 24.2 Å². The van der Waals surface area contributed by atoms with Crippen LogP contribution in [0.1, 0.15) is 13.3 Å². The topological polar surface area (TPSA) is 60.2 Å². The SMILES string of the molecule is CC1OCCC1CNc1cc(N)ccn1. The number of pyridine rings is 1. The average molecular weight is 207 g/mol. The van der Waals surface area contributed by atoms with Crippen LogP contribution in [0, 0.1) is 5.92 Å². The van der Waals surface area contributed by atoms with Gasteiger partial charge in [-0.3, -0.25) is 0 Å². The van der Waals surface area contributed by atoms with Gasteiger partial charge in [-0.2, -0.15) is 0 Å². The summed E-state index contributed by atoms with van der Waals surface area (Å²) >= 11 is 0. The molecular weight excluding hydrogens is 190 g/mol. The van der Waals surface area contributed by atoms with Gasteiger partial charge in [0, 0.05) is 37.0 Å². The van der Waals surface area contributed by atoms with E-state index in [1.54, 1.807) is 12.3 Å². The largest absolute Gasteiger partial charge is 0.399 e. The molecular formula is C11H17N3O. The molecule has 1 aliphatic heterocycles. The number of nitrogens with one attached hydrogen (secondary N) is 1. The van der Waals surface area contributed by atoms with Crippen LogP contribution >= 0.6 is 0 Å². The molecule has 2 unspecified atom stereocenters. The molecule has 4 heteroatoms. The van der Waals surface area contributed by atoms with Crippen molar-refractivity contribution >= 4 is 11.5 Å². The number of rotatable bonds is 3. The maximum absolute atomic E-state index is 5.66. The third-order valence-electron chi connectivity index (χ3n) is 2.86. The second-order valence-corrected chi connectivity index (χ2v) is 3.98. The van der Waals surface area contributed by atoms with Crippen LogP contribution in [-0.2, 0) is 4.74 Å². The van der Waals surface area contributed by atoms with E-state index >= 15 is 0 Å². The van der Waals surface area contributed by atoms with Crippen molar-refractivity contribution in [3.63, 3.8) is 0 Å². The normalized spacial score (nSPS) is 25.4. The van der Waals surface area contributed by atoms with Gasteiger partial charge in [0.2, 0.25) is 0 Å². The number of hydrogen-bond donors (Lipinski definition) is 2. The monoisotopic (exact) mass is 207 g/mol. The molecule has 1 saturated heterocycles. The van der Waals surface area contributed by atoms with Crippen LogP contribution in [0.4, 0.5) is 11.5 Å². The summed E-state index contributed by atoms with van der Waals surface area (Å²) in [5.74, 6) is 1.42. The molecule has 2 heterocycles. The molecule has 0 saturated carbocycles. The van der Waals surface area contributed by atoms with Crippen LogP contribution in [0.3, 0.4) is 0 Å². The first-order chi connectivity index (χ1) is 7.25. The van der Waals surface area contributed by atoms with E-state index in [9.17, 15) is 0 Å². The Balaban J connectivity index is 1.87. The first-order valence-corrected chi connectivity index (χ1v) is 5.32. The zero-order valence-corrected chi connectivity index (χ0v) is 8.94. The highest BCUT2D eigenvalue weighted by Crippen LogP contribution is 2.20. The van der Waals surface area contributed by atoms with Gasteiger partial charge in [-0.1, -0.05) is 0 Å². The summed E-state index contributed by atoms with van der Waals surface area (Å²) in [5, 5.41) is 3.29. The van der Waals surface area contributed by atoms with Crippen molar-refractivity contribution in [2.24, 2.45) is 5.92 Å². The summed E-state index contributed by atoms with van der Waals surface area (Å²) in [5.41, 5.74) is 6.40. The minimum absolute atomic E-state index is 0.346. The fraction of sp³-hybridized carbons (Fsp3) is 0.545. The fourth-order valence-electron chi connectivity index (χ4n) is 1.82. The molecule has 1 fully saturated rings. The maximum Gasteiger partial charge on any atom is 0.127 e. The van der Waals surface area contributed by atoms with E-state index in [0.717, 1.165) is 31.1 Å². The number of hydrogen-bond acceptors (Lipinski definition) is 4. The molecule has 0 aliphatic carbocycles. The lowest BCUT2D eigenvalue weighted by molar-refractivity contribution is 0.108. The molecule has 1 aromatic heterocycles. The average Bonchev–Trinajstić information content (AvgIpc) is 2.61. The van der Waals surface area contributed by atoms with Crippen molar-refractivity contribution in [1.82, 2.24) is 4.98 Å². The van der Waals surface area contributed by atoms with Crippen LogP contribution in [0.15, 0.2) is 18.3 Å². The Morgan fingerprint density at radius 1 is 1.67 bits per heavy atom. The Morgan fingerprint density at radius 3 is 3.20 bits per heavy atom. The molecule has 1 aromatic rings. The molecule has 0 spiro atoms. The fourth-order valence-corrected chi connectivity index (χ4v) is 1.82. The second-order valence-electron chi connectivity index (χ2n) is 3.98. The Kier molecular flexibility index (Phi) is 3.06. The Hall–Kier alpha value is -1.29. The molecule has 2 rings (SSSR count). The van der Waals surface area contributed by atoms with Crippen LogP contribution in [0.2, 0.25) is 0 Å². The zero-order valence-electron chi connectivity index (χ0n) is 8.94. The first-order valence-electron chi connectivity index (χ1n) is 5.32. The second kappa shape index (κ2) is 4.49. The van der Waals surface area contributed by atoms with Crippen molar-refractivity contribution < 1.29 is 4.74 Å². The standard InChI is InChI=1S/C11H17N3O/c1-8-9(3-5-15-8)7-14-11-6-10(12)2-4-13-11/h2,4,6,8-9H,3,5,7H2,1H3,(H3,12,13,14). The van der Waals surface area contributed by atoms with Crippen LogP contribution in [0.25, 0.3) is 0 Å². The highest BCUT2D eigenvalue weighted by molar-refractivity contribution is 5.48. The van der Waals surface area contributed by atoms with Crippen LogP contribution in [-0.4, -0.2) is 24.2 Å². The zero-order chi connectivity index (χ0) is 10.7. The molecule has 15 heavy (non-hydrogen) atoms. The van der Waals surface area contributed by atoms with Crippen LogP contribution < -0.4 is 11.1 Å². The lowest BCUT2D eigenvalue weighted by atomic mass is 10.0. The number of aromatic nitrogens is 1. The third-order valence-corrected chi connectivity index (χ3v) is 2.86. The van der Waals surface area contributed by atoms with E-state index in [4.69, 9.17) is 10.5 Å². The van der Waals surface area contributed by atoms with Gasteiger partial charge in [0.1, 0.15) is 5.82 Å². The maximum atomic E-state index is 5.66. The lowest BCUT2D eigenvalue weighted by Crippen LogP contribution is -2.21. The Labute approximate surface area is 89.8 Å². The predicted octanol–water partition coefficient (Wildman–Crippen LogP) is 1.50. The van der Waals surface area contributed by atoms with Crippen molar-refractivity contribution in [3.05, 3.63) is 18.3 Å². The summed E-state index contributed by atoms with van der Waals surface area (Å²) in [4.78, 5) is 4.19. The lowest BCUT2D eigenvalue weighted by Gasteiger charge is -2.15. The van der Waals surface area contributed by atoms with Gasteiger partial charge in [0.25, 0.3) is 0 Å².